The second-order valence-electron chi connectivity index (χ2n) is 5.01. The second-order valence-corrected chi connectivity index (χ2v) is 5.89. The van der Waals surface area contributed by atoms with Crippen LogP contribution in [0.3, 0.4) is 0 Å². The zero-order chi connectivity index (χ0) is 16.5. The standard InChI is InChI=1S/C18H20N2O2S/c1-23-16-10-5-9-15(13-16)20-17(21)11-6-12-19-18(22)14-7-3-2-4-8-14/h2-5,7-10,13H,6,11-12H2,1H3,(H,19,22)(H,20,21). The molecule has 0 spiro atoms. The highest BCUT2D eigenvalue weighted by molar-refractivity contribution is 7.98. The van der Waals surface area contributed by atoms with Crippen LogP contribution in [-0.2, 0) is 4.79 Å². The van der Waals surface area contributed by atoms with Gasteiger partial charge in [-0.25, -0.2) is 0 Å². The van der Waals surface area contributed by atoms with Crippen LogP contribution in [0.15, 0.2) is 59.5 Å². The molecule has 2 aromatic rings. The van der Waals surface area contributed by atoms with E-state index in [-0.39, 0.29) is 11.8 Å². The predicted octanol–water partition coefficient (Wildman–Crippen LogP) is 3.56. The minimum atomic E-state index is -0.112. The third kappa shape index (κ3) is 5.79. The average Bonchev–Trinajstić information content (AvgIpc) is 2.59. The minimum Gasteiger partial charge on any atom is -0.352 e. The molecule has 0 saturated heterocycles. The first-order chi connectivity index (χ1) is 11.2. The summed E-state index contributed by atoms with van der Waals surface area (Å²) in [5, 5.41) is 5.69. The van der Waals surface area contributed by atoms with Crippen molar-refractivity contribution < 1.29 is 9.59 Å². The molecule has 2 aromatic carbocycles. The van der Waals surface area contributed by atoms with Gasteiger partial charge in [0.05, 0.1) is 0 Å². The van der Waals surface area contributed by atoms with Crippen molar-refractivity contribution >= 4 is 29.3 Å². The molecule has 0 radical (unpaired) electrons. The van der Waals surface area contributed by atoms with E-state index in [1.54, 1.807) is 23.9 Å². The summed E-state index contributed by atoms with van der Waals surface area (Å²) in [5.41, 5.74) is 1.43. The fourth-order valence-electron chi connectivity index (χ4n) is 2.07. The Labute approximate surface area is 140 Å². The number of nitrogens with one attached hydrogen (secondary N) is 2. The highest BCUT2D eigenvalue weighted by Crippen LogP contribution is 2.19. The lowest BCUT2D eigenvalue weighted by Crippen LogP contribution is -2.25. The molecule has 0 heterocycles. The number of benzene rings is 2. The quantitative estimate of drug-likeness (QED) is 0.603. The van der Waals surface area contributed by atoms with Gasteiger partial charge in [0.1, 0.15) is 0 Å². The van der Waals surface area contributed by atoms with Gasteiger partial charge < -0.3 is 10.6 Å². The van der Waals surface area contributed by atoms with Gasteiger partial charge in [-0.1, -0.05) is 24.3 Å². The largest absolute Gasteiger partial charge is 0.352 e. The Morgan fingerprint density at radius 1 is 1.04 bits per heavy atom. The smallest absolute Gasteiger partial charge is 0.251 e. The molecule has 2 amide bonds. The molecule has 0 unspecified atom stereocenters. The Hall–Kier alpha value is -2.27. The average molecular weight is 328 g/mol. The number of anilines is 1. The first kappa shape index (κ1) is 17.1. The van der Waals surface area contributed by atoms with E-state index in [9.17, 15) is 9.59 Å². The van der Waals surface area contributed by atoms with Crippen LogP contribution < -0.4 is 10.6 Å². The molecule has 23 heavy (non-hydrogen) atoms. The molecule has 0 atom stereocenters. The van der Waals surface area contributed by atoms with Gasteiger partial charge in [0.25, 0.3) is 5.91 Å². The molecule has 0 bridgehead atoms. The summed E-state index contributed by atoms with van der Waals surface area (Å²) in [6.45, 7) is 0.478. The molecule has 2 N–H and O–H groups in total. The summed E-state index contributed by atoms with van der Waals surface area (Å²) in [6.07, 6.45) is 2.97. The van der Waals surface area contributed by atoms with E-state index in [2.05, 4.69) is 10.6 Å². The van der Waals surface area contributed by atoms with E-state index in [1.165, 1.54) is 0 Å². The fraction of sp³-hybridized carbons (Fsp3) is 0.222. The third-order valence-corrected chi connectivity index (χ3v) is 3.98. The van der Waals surface area contributed by atoms with Gasteiger partial charge in [-0.15, -0.1) is 11.8 Å². The van der Waals surface area contributed by atoms with Gasteiger partial charge in [-0.2, -0.15) is 0 Å². The van der Waals surface area contributed by atoms with Crippen molar-refractivity contribution in [3.05, 3.63) is 60.2 Å². The zero-order valence-corrected chi connectivity index (χ0v) is 13.9. The Morgan fingerprint density at radius 3 is 2.57 bits per heavy atom. The maximum absolute atomic E-state index is 11.9. The Bertz CT molecular complexity index is 659. The topological polar surface area (TPSA) is 58.2 Å². The maximum atomic E-state index is 11.9. The van der Waals surface area contributed by atoms with Crippen molar-refractivity contribution in [3.8, 4) is 0 Å². The first-order valence-electron chi connectivity index (χ1n) is 7.46. The van der Waals surface area contributed by atoms with Crippen molar-refractivity contribution in [1.82, 2.24) is 5.32 Å². The summed E-state index contributed by atoms with van der Waals surface area (Å²) < 4.78 is 0. The predicted molar refractivity (Wildman–Crippen MR) is 94.9 cm³/mol. The van der Waals surface area contributed by atoms with Gasteiger partial charge in [0, 0.05) is 29.1 Å². The van der Waals surface area contributed by atoms with E-state index in [1.807, 2.05) is 48.7 Å². The molecule has 0 saturated carbocycles. The minimum absolute atomic E-state index is 0.0442. The molecular formula is C18H20N2O2S. The number of carbonyl (C=O) groups is 2. The monoisotopic (exact) mass is 328 g/mol. The van der Waals surface area contributed by atoms with E-state index in [0.29, 0.717) is 24.9 Å². The highest BCUT2D eigenvalue weighted by Gasteiger charge is 2.05. The van der Waals surface area contributed by atoms with Crippen LogP contribution in [0.1, 0.15) is 23.2 Å². The number of carbonyl (C=O) groups excluding carboxylic acids is 2. The summed E-state index contributed by atoms with van der Waals surface area (Å²) >= 11 is 1.63. The van der Waals surface area contributed by atoms with Gasteiger partial charge in [0.2, 0.25) is 5.91 Å². The van der Waals surface area contributed by atoms with E-state index < -0.39 is 0 Å². The molecule has 2 rings (SSSR count). The number of hydrogen-bond donors (Lipinski definition) is 2. The van der Waals surface area contributed by atoms with Crippen LogP contribution in [0.25, 0.3) is 0 Å². The maximum Gasteiger partial charge on any atom is 0.251 e. The highest BCUT2D eigenvalue weighted by atomic mass is 32.2. The van der Waals surface area contributed by atoms with Crippen molar-refractivity contribution in [2.75, 3.05) is 18.1 Å². The van der Waals surface area contributed by atoms with Crippen LogP contribution >= 0.6 is 11.8 Å². The molecular weight excluding hydrogens is 308 g/mol. The van der Waals surface area contributed by atoms with Crippen LogP contribution in [0.5, 0.6) is 0 Å². The van der Waals surface area contributed by atoms with Gasteiger partial charge in [-0.3, -0.25) is 9.59 Å². The molecule has 4 nitrogen and oxygen atoms in total. The molecule has 0 aromatic heterocycles. The molecule has 0 fully saturated rings. The zero-order valence-electron chi connectivity index (χ0n) is 13.0. The SMILES string of the molecule is CSc1cccc(NC(=O)CCCNC(=O)c2ccccc2)c1. The molecule has 0 aliphatic heterocycles. The summed E-state index contributed by atoms with van der Waals surface area (Å²) in [7, 11) is 0. The first-order valence-corrected chi connectivity index (χ1v) is 8.68. The van der Waals surface area contributed by atoms with Crippen molar-refractivity contribution in [3.63, 3.8) is 0 Å². The normalized spacial score (nSPS) is 10.1. The Kier molecular flexibility index (Phi) is 6.69. The molecule has 5 heteroatoms. The van der Waals surface area contributed by atoms with Crippen molar-refractivity contribution in [1.29, 1.82) is 0 Å². The van der Waals surface area contributed by atoms with Crippen molar-refractivity contribution in [2.24, 2.45) is 0 Å². The van der Waals surface area contributed by atoms with Crippen LogP contribution in [-0.4, -0.2) is 24.6 Å². The van der Waals surface area contributed by atoms with E-state index in [4.69, 9.17) is 0 Å². The van der Waals surface area contributed by atoms with Crippen molar-refractivity contribution in [2.45, 2.75) is 17.7 Å². The Morgan fingerprint density at radius 2 is 1.83 bits per heavy atom. The van der Waals surface area contributed by atoms with Crippen LogP contribution in [0, 0.1) is 0 Å². The summed E-state index contributed by atoms with van der Waals surface area (Å²) in [6, 6.07) is 16.8. The van der Waals surface area contributed by atoms with Gasteiger partial charge in [0.15, 0.2) is 0 Å². The lowest BCUT2D eigenvalue weighted by Gasteiger charge is -2.07. The van der Waals surface area contributed by atoms with Gasteiger partial charge >= 0.3 is 0 Å². The molecule has 0 aliphatic rings. The lowest BCUT2D eigenvalue weighted by molar-refractivity contribution is -0.116. The number of rotatable bonds is 7. The van der Waals surface area contributed by atoms with Crippen LogP contribution in [0.4, 0.5) is 5.69 Å². The van der Waals surface area contributed by atoms with E-state index in [0.717, 1.165) is 10.6 Å². The molecule has 0 aliphatic carbocycles. The van der Waals surface area contributed by atoms with Crippen LogP contribution in [0.2, 0.25) is 0 Å². The number of hydrogen-bond acceptors (Lipinski definition) is 3. The summed E-state index contributed by atoms with van der Waals surface area (Å²) in [5.74, 6) is -0.157. The lowest BCUT2D eigenvalue weighted by atomic mass is 10.2. The second kappa shape index (κ2) is 9.00. The fourth-order valence-corrected chi connectivity index (χ4v) is 2.53. The number of thioether (sulfide) groups is 1. The summed E-state index contributed by atoms with van der Waals surface area (Å²) in [4.78, 5) is 24.8. The third-order valence-electron chi connectivity index (χ3n) is 3.26. The molecule has 120 valence electrons. The number of amides is 2. The van der Waals surface area contributed by atoms with Gasteiger partial charge in [-0.05, 0) is 43.0 Å². The van der Waals surface area contributed by atoms with E-state index >= 15 is 0 Å². The Balaban J connectivity index is 1.69.